The highest BCUT2D eigenvalue weighted by Gasteiger charge is 2.44. The van der Waals surface area contributed by atoms with Crippen LogP contribution in [0.1, 0.15) is 11.8 Å². The SMILES string of the molecule is COc1ccc(CNc2ncnc3c2ncn3[C@@H]2O[C@H](CO)C(O)[C@@H]2O)cc1OC. The van der Waals surface area contributed by atoms with Gasteiger partial charge in [-0.15, -0.1) is 0 Å². The minimum atomic E-state index is -1.22. The van der Waals surface area contributed by atoms with Gasteiger partial charge in [-0.1, -0.05) is 6.07 Å². The Labute approximate surface area is 171 Å². The molecule has 0 radical (unpaired) electrons. The summed E-state index contributed by atoms with van der Waals surface area (Å²) in [5.41, 5.74) is 1.85. The molecule has 1 unspecified atom stereocenters. The van der Waals surface area contributed by atoms with Crippen LogP contribution in [0, 0.1) is 0 Å². The van der Waals surface area contributed by atoms with Gasteiger partial charge in [0, 0.05) is 6.54 Å². The molecule has 0 aliphatic carbocycles. The van der Waals surface area contributed by atoms with Gasteiger partial charge in [-0.3, -0.25) is 4.57 Å². The first kappa shape index (κ1) is 20.3. The summed E-state index contributed by atoms with van der Waals surface area (Å²) in [6.07, 6.45) is -1.40. The third kappa shape index (κ3) is 3.52. The molecule has 2 aromatic heterocycles. The second-order valence-electron chi connectivity index (χ2n) is 6.82. The van der Waals surface area contributed by atoms with Gasteiger partial charge in [-0.05, 0) is 17.7 Å². The van der Waals surface area contributed by atoms with E-state index < -0.39 is 31.1 Å². The van der Waals surface area contributed by atoms with E-state index in [1.807, 2.05) is 18.2 Å². The molecule has 1 aliphatic rings. The Morgan fingerprint density at radius 3 is 2.60 bits per heavy atom. The van der Waals surface area contributed by atoms with Crippen LogP contribution in [-0.2, 0) is 11.3 Å². The van der Waals surface area contributed by atoms with Gasteiger partial charge in [-0.2, -0.15) is 0 Å². The maximum atomic E-state index is 10.3. The van der Waals surface area contributed by atoms with Crippen molar-refractivity contribution in [1.82, 2.24) is 19.5 Å². The summed E-state index contributed by atoms with van der Waals surface area (Å²) in [6.45, 7) is 0.0433. The molecular formula is C19H23N5O6. The molecule has 3 heterocycles. The summed E-state index contributed by atoms with van der Waals surface area (Å²) in [6, 6.07) is 5.59. The summed E-state index contributed by atoms with van der Waals surface area (Å²) in [5.74, 6) is 1.77. The van der Waals surface area contributed by atoms with E-state index in [1.165, 1.54) is 17.2 Å². The summed E-state index contributed by atoms with van der Waals surface area (Å²) < 4.78 is 17.7. The van der Waals surface area contributed by atoms with Crippen LogP contribution in [0.3, 0.4) is 0 Å². The van der Waals surface area contributed by atoms with Crippen LogP contribution in [0.5, 0.6) is 11.5 Å². The van der Waals surface area contributed by atoms with E-state index in [4.69, 9.17) is 14.2 Å². The normalized spacial score (nSPS) is 23.6. The lowest BCUT2D eigenvalue weighted by Crippen LogP contribution is -2.33. The molecule has 160 valence electrons. The fraction of sp³-hybridized carbons (Fsp3) is 0.421. The lowest BCUT2D eigenvalue weighted by molar-refractivity contribution is -0.0511. The van der Waals surface area contributed by atoms with Crippen LogP contribution in [0.25, 0.3) is 11.2 Å². The molecule has 1 saturated heterocycles. The van der Waals surface area contributed by atoms with E-state index in [1.54, 1.807) is 14.2 Å². The van der Waals surface area contributed by atoms with E-state index >= 15 is 0 Å². The zero-order chi connectivity index (χ0) is 21.3. The summed E-state index contributed by atoms with van der Waals surface area (Å²) in [7, 11) is 3.16. The first-order valence-electron chi connectivity index (χ1n) is 9.32. The van der Waals surface area contributed by atoms with Gasteiger partial charge in [-0.25, -0.2) is 15.0 Å². The number of nitrogens with one attached hydrogen (secondary N) is 1. The van der Waals surface area contributed by atoms with Crippen LogP contribution < -0.4 is 14.8 Å². The number of hydrogen-bond acceptors (Lipinski definition) is 10. The number of ether oxygens (including phenoxy) is 3. The molecule has 1 fully saturated rings. The quantitative estimate of drug-likeness (QED) is 0.417. The number of aliphatic hydroxyl groups is 3. The van der Waals surface area contributed by atoms with Crippen molar-refractivity contribution < 1.29 is 29.5 Å². The number of aliphatic hydroxyl groups excluding tert-OH is 3. The number of imidazole rings is 1. The molecule has 0 amide bonds. The Balaban J connectivity index is 1.57. The largest absolute Gasteiger partial charge is 0.493 e. The highest BCUT2D eigenvalue weighted by atomic mass is 16.6. The lowest BCUT2D eigenvalue weighted by atomic mass is 10.1. The van der Waals surface area contributed by atoms with Crippen LogP contribution in [0.15, 0.2) is 30.9 Å². The fourth-order valence-corrected chi connectivity index (χ4v) is 3.45. The molecule has 11 nitrogen and oxygen atoms in total. The van der Waals surface area contributed by atoms with Crippen LogP contribution in [0.4, 0.5) is 5.82 Å². The summed E-state index contributed by atoms with van der Waals surface area (Å²) in [5, 5.41) is 32.8. The molecular weight excluding hydrogens is 394 g/mol. The number of hydrogen-bond donors (Lipinski definition) is 4. The number of fused-ring (bicyclic) bond motifs is 1. The average Bonchev–Trinajstić information content (AvgIpc) is 3.33. The second kappa shape index (κ2) is 8.40. The smallest absolute Gasteiger partial charge is 0.167 e. The Morgan fingerprint density at radius 2 is 1.90 bits per heavy atom. The van der Waals surface area contributed by atoms with E-state index in [0.29, 0.717) is 35.0 Å². The van der Waals surface area contributed by atoms with Crippen LogP contribution in [0.2, 0.25) is 0 Å². The number of methoxy groups -OCH3 is 2. The molecule has 1 aliphatic heterocycles. The van der Waals surface area contributed by atoms with Gasteiger partial charge >= 0.3 is 0 Å². The van der Waals surface area contributed by atoms with Crippen molar-refractivity contribution >= 4 is 17.0 Å². The minimum absolute atomic E-state index is 0.408. The third-order valence-electron chi connectivity index (χ3n) is 5.06. The minimum Gasteiger partial charge on any atom is -0.493 e. The molecule has 0 spiro atoms. The first-order chi connectivity index (χ1) is 14.6. The van der Waals surface area contributed by atoms with E-state index in [-0.39, 0.29) is 0 Å². The van der Waals surface area contributed by atoms with Gasteiger partial charge in [0.1, 0.15) is 24.6 Å². The van der Waals surface area contributed by atoms with Crippen molar-refractivity contribution in [3.05, 3.63) is 36.4 Å². The van der Waals surface area contributed by atoms with E-state index in [2.05, 4.69) is 20.3 Å². The Morgan fingerprint density at radius 1 is 1.10 bits per heavy atom. The number of benzene rings is 1. The molecule has 11 heteroatoms. The number of nitrogens with zero attached hydrogens (tertiary/aromatic N) is 4. The molecule has 4 rings (SSSR count). The van der Waals surface area contributed by atoms with Crippen molar-refractivity contribution in [2.75, 3.05) is 26.1 Å². The predicted octanol–water partition coefficient (Wildman–Crippen LogP) is 0.0671. The Kier molecular flexibility index (Phi) is 5.68. The average molecular weight is 417 g/mol. The number of rotatable bonds is 7. The molecule has 4 N–H and O–H groups in total. The van der Waals surface area contributed by atoms with Crippen LogP contribution in [-0.4, -0.2) is 74.0 Å². The standard InChI is InChI=1S/C19H23N5O6/c1-28-11-4-3-10(5-12(11)29-2)6-20-17-14-18(22-8-21-17)24(9-23-14)19-16(27)15(26)13(7-25)30-19/h3-5,8-9,13,15-16,19,25-27H,6-7H2,1-2H3,(H,20,21,22)/t13-,15?,16+,19-/m1/s1. The summed E-state index contributed by atoms with van der Waals surface area (Å²) >= 11 is 0. The molecule has 0 saturated carbocycles. The zero-order valence-electron chi connectivity index (χ0n) is 16.5. The maximum absolute atomic E-state index is 10.3. The molecule has 3 aromatic rings. The molecule has 30 heavy (non-hydrogen) atoms. The highest BCUT2D eigenvalue weighted by molar-refractivity contribution is 5.82. The molecule has 4 atom stereocenters. The number of aromatic nitrogens is 4. The summed E-state index contributed by atoms with van der Waals surface area (Å²) in [4.78, 5) is 12.8. The highest BCUT2D eigenvalue weighted by Crippen LogP contribution is 2.32. The van der Waals surface area contributed by atoms with Crippen molar-refractivity contribution in [2.24, 2.45) is 0 Å². The van der Waals surface area contributed by atoms with Crippen LogP contribution >= 0.6 is 0 Å². The van der Waals surface area contributed by atoms with Gasteiger partial charge < -0.3 is 34.8 Å². The molecule has 0 bridgehead atoms. The van der Waals surface area contributed by atoms with E-state index in [9.17, 15) is 15.3 Å². The number of anilines is 1. The second-order valence-corrected chi connectivity index (χ2v) is 6.82. The lowest BCUT2D eigenvalue weighted by Gasteiger charge is -2.16. The topological polar surface area (TPSA) is 144 Å². The predicted molar refractivity (Wildman–Crippen MR) is 105 cm³/mol. The fourth-order valence-electron chi connectivity index (χ4n) is 3.45. The Hall–Kier alpha value is -2.99. The van der Waals surface area contributed by atoms with Crippen molar-refractivity contribution in [3.63, 3.8) is 0 Å². The van der Waals surface area contributed by atoms with Gasteiger partial charge in [0.25, 0.3) is 0 Å². The first-order valence-corrected chi connectivity index (χ1v) is 9.32. The van der Waals surface area contributed by atoms with E-state index in [0.717, 1.165) is 5.56 Å². The van der Waals surface area contributed by atoms with Crippen molar-refractivity contribution in [2.45, 2.75) is 31.1 Å². The zero-order valence-corrected chi connectivity index (χ0v) is 16.5. The van der Waals surface area contributed by atoms with Gasteiger partial charge in [0.15, 0.2) is 34.7 Å². The Bertz CT molecular complexity index is 1030. The third-order valence-corrected chi connectivity index (χ3v) is 5.06. The van der Waals surface area contributed by atoms with Crippen molar-refractivity contribution in [3.8, 4) is 11.5 Å². The maximum Gasteiger partial charge on any atom is 0.167 e. The van der Waals surface area contributed by atoms with Gasteiger partial charge in [0.05, 0.1) is 27.2 Å². The van der Waals surface area contributed by atoms with Crippen molar-refractivity contribution in [1.29, 1.82) is 0 Å². The van der Waals surface area contributed by atoms with Gasteiger partial charge in [0.2, 0.25) is 0 Å². The molecule has 1 aromatic carbocycles. The monoisotopic (exact) mass is 417 g/mol.